The van der Waals surface area contributed by atoms with Gasteiger partial charge in [-0.2, -0.15) is 4.58 Å². The Kier molecular flexibility index (Phi) is 5.12. The maximum atomic E-state index is 6.52. The average Bonchev–Trinajstić information content (AvgIpc) is 2.95. The standard InChI is InChI=1S/C30H34NO2/c1-29(2,3)33-23-16-14-21-18-22-11-9-10-20(28(22)32-26(21)19-23)15-17-27-30(4,5)24-12-7-8-13-25(24)31(27)6/h7-8,12-19H,9-11H2,1-6H3/q+1/b17-15+. The highest BCUT2D eigenvalue weighted by molar-refractivity contribution is 6.03. The normalized spacial score (nSPS) is 19.2. The predicted octanol–water partition coefficient (Wildman–Crippen LogP) is 7.34. The molecule has 2 heterocycles. The van der Waals surface area contributed by atoms with Crippen molar-refractivity contribution < 1.29 is 14.0 Å². The van der Waals surface area contributed by atoms with Crippen LogP contribution in [0.2, 0.25) is 0 Å². The zero-order valence-electron chi connectivity index (χ0n) is 20.7. The van der Waals surface area contributed by atoms with Crippen LogP contribution in [-0.4, -0.2) is 22.9 Å². The van der Waals surface area contributed by atoms with E-state index in [1.54, 1.807) is 0 Å². The Bertz CT molecular complexity index is 1250. The van der Waals surface area contributed by atoms with Crippen LogP contribution in [0.25, 0.3) is 6.08 Å². The van der Waals surface area contributed by atoms with Gasteiger partial charge in [-0.1, -0.05) is 18.2 Å². The zero-order chi connectivity index (χ0) is 23.4. The van der Waals surface area contributed by atoms with Gasteiger partial charge in [-0.3, -0.25) is 0 Å². The van der Waals surface area contributed by atoms with Crippen molar-refractivity contribution in [2.45, 2.75) is 64.9 Å². The quantitative estimate of drug-likeness (QED) is 0.466. The lowest BCUT2D eigenvalue weighted by Crippen LogP contribution is -2.26. The van der Waals surface area contributed by atoms with Crippen LogP contribution in [0, 0.1) is 0 Å². The van der Waals surface area contributed by atoms with E-state index in [4.69, 9.17) is 9.47 Å². The molecule has 0 radical (unpaired) electrons. The zero-order valence-corrected chi connectivity index (χ0v) is 20.7. The molecule has 0 aromatic heterocycles. The summed E-state index contributed by atoms with van der Waals surface area (Å²) in [5.74, 6) is 2.74. The molecule has 3 heteroatoms. The van der Waals surface area contributed by atoms with Crippen molar-refractivity contribution in [2.75, 3.05) is 7.05 Å². The molecule has 0 fully saturated rings. The number of hydrogen-bond donors (Lipinski definition) is 0. The Morgan fingerprint density at radius 3 is 2.58 bits per heavy atom. The van der Waals surface area contributed by atoms with E-state index in [1.807, 2.05) is 12.1 Å². The van der Waals surface area contributed by atoms with Gasteiger partial charge in [-0.15, -0.1) is 0 Å². The first kappa shape index (κ1) is 21.8. The van der Waals surface area contributed by atoms with E-state index in [1.165, 1.54) is 28.1 Å². The van der Waals surface area contributed by atoms with Gasteiger partial charge in [0.2, 0.25) is 5.69 Å². The fourth-order valence-corrected chi connectivity index (χ4v) is 5.25. The molecule has 2 aromatic carbocycles. The summed E-state index contributed by atoms with van der Waals surface area (Å²) < 4.78 is 14.9. The van der Waals surface area contributed by atoms with E-state index in [-0.39, 0.29) is 11.0 Å². The van der Waals surface area contributed by atoms with Crippen molar-refractivity contribution in [3.05, 3.63) is 82.6 Å². The smallest absolute Gasteiger partial charge is 0.209 e. The van der Waals surface area contributed by atoms with Gasteiger partial charge in [-0.05, 0) is 89.3 Å². The third-order valence-electron chi connectivity index (χ3n) is 6.81. The highest BCUT2D eigenvalue weighted by Gasteiger charge is 2.42. The lowest BCUT2D eigenvalue weighted by atomic mass is 9.81. The van der Waals surface area contributed by atoms with Crippen molar-refractivity contribution in [3.63, 3.8) is 0 Å². The second-order valence-electron chi connectivity index (χ2n) is 10.8. The number of fused-ring (bicyclic) bond motifs is 3. The fourth-order valence-electron chi connectivity index (χ4n) is 5.25. The summed E-state index contributed by atoms with van der Waals surface area (Å²) in [6, 6.07) is 14.9. The molecule has 0 unspecified atom stereocenters. The van der Waals surface area contributed by atoms with Crippen LogP contribution in [-0.2, 0) is 5.41 Å². The van der Waals surface area contributed by atoms with Crippen molar-refractivity contribution in [3.8, 4) is 11.5 Å². The van der Waals surface area contributed by atoms with Crippen molar-refractivity contribution in [1.29, 1.82) is 0 Å². The lowest BCUT2D eigenvalue weighted by molar-refractivity contribution is -0.401. The highest BCUT2D eigenvalue weighted by Crippen LogP contribution is 2.42. The van der Waals surface area contributed by atoms with Crippen molar-refractivity contribution in [2.24, 2.45) is 0 Å². The van der Waals surface area contributed by atoms with Crippen LogP contribution >= 0.6 is 0 Å². The van der Waals surface area contributed by atoms with E-state index in [2.05, 4.69) is 94.8 Å². The molecule has 5 rings (SSSR count). The number of benzene rings is 2. The Morgan fingerprint density at radius 1 is 1.03 bits per heavy atom. The van der Waals surface area contributed by atoms with Gasteiger partial charge in [0.25, 0.3) is 0 Å². The van der Waals surface area contributed by atoms with Crippen LogP contribution in [0.1, 0.15) is 65.0 Å². The number of nitrogens with zero attached hydrogens (tertiary/aromatic N) is 1. The Morgan fingerprint density at radius 2 is 1.82 bits per heavy atom. The third kappa shape index (κ3) is 3.94. The molecule has 170 valence electrons. The topological polar surface area (TPSA) is 21.5 Å². The van der Waals surface area contributed by atoms with E-state index in [0.29, 0.717) is 0 Å². The molecule has 0 amide bonds. The molecule has 33 heavy (non-hydrogen) atoms. The minimum atomic E-state index is -0.239. The molecule has 0 spiro atoms. The summed E-state index contributed by atoms with van der Waals surface area (Å²) >= 11 is 0. The lowest BCUT2D eigenvalue weighted by Gasteiger charge is -2.28. The van der Waals surface area contributed by atoms with Gasteiger partial charge < -0.3 is 9.47 Å². The van der Waals surface area contributed by atoms with Gasteiger partial charge >= 0.3 is 0 Å². The van der Waals surface area contributed by atoms with Gasteiger partial charge in [0, 0.05) is 29.3 Å². The third-order valence-corrected chi connectivity index (χ3v) is 6.81. The summed E-state index contributed by atoms with van der Waals surface area (Å²) in [7, 11) is 2.17. The monoisotopic (exact) mass is 440 g/mol. The Labute approximate surface area is 197 Å². The SMILES string of the molecule is C[N+]1=C(/C=C/C2=C3Oc4cc(OC(C)(C)C)ccc4C=C3CCC2)C(C)(C)c2ccccc21. The minimum Gasteiger partial charge on any atom is -0.488 e. The summed E-state index contributed by atoms with van der Waals surface area (Å²) in [6.45, 7) is 10.8. The second kappa shape index (κ2) is 7.76. The first-order valence-electron chi connectivity index (χ1n) is 12.0. The molecule has 2 aliphatic heterocycles. The number of hydrogen-bond acceptors (Lipinski definition) is 2. The first-order valence-corrected chi connectivity index (χ1v) is 12.0. The largest absolute Gasteiger partial charge is 0.488 e. The van der Waals surface area contributed by atoms with Crippen molar-refractivity contribution >= 4 is 17.5 Å². The number of ether oxygens (including phenoxy) is 2. The number of para-hydroxylation sites is 1. The molecule has 2 aromatic rings. The van der Waals surface area contributed by atoms with E-state index < -0.39 is 0 Å². The maximum absolute atomic E-state index is 6.52. The first-order chi connectivity index (χ1) is 15.6. The summed E-state index contributed by atoms with van der Waals surface area (Å²) in [4.78, 5) is 0. The van der Waals surface area contributed by atoms with Gasteiger partial charge in [-0.25, -0.2) is 0 Å². The van der Waals surface area contributed by atoms with E-state index in [0.717, 1.165) is 42.1 Å². The number of rotatable bonds is 3. The average molecular weight is 441 g/mol. The van der Waals surface area contributed by atoms with Crippen LogP contribution in [0.4, 0.5) is 5.69 Å². The molecule has 3 aliphatic rings. The van der Waals surface area contributed by atoms with E-state index in [9.17, 15) is 0 Å². The number of allylic oxidation sites excluding steroid dienone is 4. The van der Waals surface area contributed by atoms with Gasteiger partial charge in [0.1, 0.15) is 29.9 Å². The predicted molar refractivity (Wildman–Crippen MR) is 136 cm³/mol. The molecule has 0 bridgehead atoms. The maximum Gasteiger partial charge on any atom is 0.209 e. The second-order valence-corrected chi connectivity index (χ2v) is 10.8. The molecule has 0 saturated carbocycles. The van der Waals surface area contributed by atoms with Crippen LogP contribution < -0.4 is 9.47 Å². The van der Waals surface area contributed by atoms with Crippen LogP contribution in [0.15, 0.2) is 71.5 Å². The van der Waals surface area contributed by atoms with Gasteiger partial charge in [0.15, 0.2) is 5.71 Å². The summed E-state index contributed by atoms with van der Waals surface area (Å²) in [6.07, 6.45) is 10.1. The fraction of sp³-hybridized carbons (Fsp3) is 0.367. The summed E-state index contributed by atoms with van der Waals surface area (Å²) in [5, 5.41) is 0. The van der Waals surface area contributed by atoms with Gasteiger partial charge in [0.05, 0.1) is 5.41 Å². The van der Waals surface area contributed by atoms with Crippen LogP contribution in [0.5, 0.6) is 11.5 Å². The Balaban J connectivity index is 1.49. The molecular weight excluding hydrogens is 406 g/mol. The summed E-state index contributed by atoms with van der Waals surface area (Å²) in [5.41, 5.74) is 7.41. The highest BCUT2D eigenvalue weighted by atomic mass is 16.5. The molecule has 0 atom stereocenters. The molecular formula is C30H34NO2+. The van der Waals surface area contributed by atoms with Crippen molar-refractivity contribution in [1.82, 2.24) is 0 Å². The minimum absolute atomic E-state index is 0.0282. The molecule has 0 saturated heterocycles. The van der Waals surface area contributed by atoms with E-state index >= 15 is 0 Å². The Hall–Kier alpha value is -3.07. The molecule has 3 nitrogen and oxygen atoms in total. The molecule has 0 N–H and O–H groups in total. The van der Waals surface area contributed by atoms with Crippen LogP contribution in [0.3, 0.4) is 0 Å². The molecule has 1 aliphatic carbocycles.